The SMILES string of the molecule is FC(F)(F)c1cccc(OSCSOc2cccc(C(F)(F)F)c2C(F)(F)F)c1C(F)(F)F. The van der Waals surface area contributed by atoms with E-state index < -0.39 is 63.5 Å². The molecule has 0 heterocycles. The van der Waals surface area contributed by atoms with E-state index in [0.29, 0.717) is 24.3 Å². The largest absolute Gasteiger partial charge is 0.424 e. The molecule has 2 aromatic rings. The molecular formula is C17H8F12O2S2. The predicted molar refractivity (Wildman–Crippen MR) is 94.2 cm³/mol. The van der Waals surface area contributed by atoms with Crippen LogP contribution in [0, 0.1) is 0 Å². The molecule has 16 heteroatoms. The highest BCUT2D eigenvalue weighted by atomic mass is 32.2. The van der Waals surface area contributed by atoms with Gasteiger partial charge in [0.25, 0.3) is 0 Å². The van der Waals surface area contributed by atoms with Crippen LogP contribution in [0.5, 0.6) is 11.5 Å². The molecule has 0 bridgehead atoms. The lowest BCUT2D eigenvalue weighted by Gasteiger charge is -2.19. The molecule has 0 radical (unpaired) electrons. The Balaban J connectivity index is 2.15. The summed E-state index contributed by atoms with van der Waals surface area (Å²) in [6.45, 7) is 0. The van der Waals surface area contributed by atoms with Crippen LogP contribution in [0.25, 0.3) is 0 Å². The number of halogens is 12. The summed E-state index contributed by atoms with van der Waals surface area (Å²) in [4.78, 5) is 0. The Hall–Kier alpha value is -2.10. The maximum absolute atomic E-state index is 13.1. The molecule has 0 saturated carbocycles. The van der Waals surface area contributed by atoms with Crippen molar-refractivity contribution in [3.8, 4) is 11.5 Å². The van der Waals surface area contributed by atoms with Crippen molar-refractivity contribution in [3.05, 3.63) is 58.7 Å². The van der Waals surface area contributed by atoms with Gasteiger partial charge in [-0.25, -0.2) is 0 Å². The maximum Gasteiger partial charge on any atom is 0.420 e. The first-order valence-electron chi connectivity index (χ1n) is 8.07. The molecule has 0 fully saturated rings. The van der Waals surface area contributed by atoms with Gasteiger partial charge in [-0.05, 0) is 24.3 Å². The summed E-state index contributed by atoms with van der Waals surface area (Å²) < 4.78 is 165. The van der Waals surface area contributed by atoms with E-state index in [-0.39, 0.29) is 36.2 Å². The number of alkyl halides is 12. The second kappa shape index (κ2) is 9.64. The summed E-state index contributed by atoms with van der Waals surface area (Å²) in [5, 5.41) is -0.624. The Morgan fingerprint density at radius 1 is 0.515 bits per heavy atom. The summed E-state index contributed by atoms with van der Waals surface area (Å²) in [7, 11) is 0. The fourth-order valence-corrected chi connectivity index (χ4v) is 3.53. The van der Waals surface area contributed by atoms with Gasteiger partial charge < -0.3 is 8.37 Å². The van der Waals surface area contributed by atoms with Gasteiger partial charge in [0.1, 0.15) is 27.7 Å². The van der Waals surface area contributed by atoms with E-state index in [2.05, 4.69) is 8.37 Å². The number of hydrogen-bond acceptors (Lipinski definition) is 4. The fraction of sp³-hybridized carbons (Fsp3) is 0.294. The first-order valence-corrected chi connectivity index (χ1v) is 9.90. The summed E-state index contributed by atoms with van der Waals surface area (Å²) >= 11 is 0.131. The van der Waals surface area contributed by atoms with E-state index in [9.17, 15) is 52.7 Å². The molecule has 33 heavy (non-hydrogen) atoms. The van der Waals surface area contributed by atoms with Crippen molar-refractivity contribution >= 4 is 24.1 Å². The van der Waals surface area contributed by atoms with Crippen molar-refractivity contribution in [2.24, 2.45) is 0 Å². The molecule has 0 unspecified atom stereocenters. The molecule has 0 aliphatic carbocycles. The first kappa shape index (κ1) is 27.1. The molecule has 184 valence electrons. The van der Waals surface area contributed by atoms with Crippen LogP contribution in [0.1, 0.15) is 22.3 Å². The number of hydrogen-bond donors (Lipinski definition) is 0. The zero-order valence-corrected chi connectivity index (χ0v) is 17.0. The van der Waals surface area contributed by atoms with Crippen LogP contribution >= 0.6 is 24.1 Å². The van der Waals surface area contributed by atoms with E-state index in [0.717, 1.165) is 0 Å². The van der Waals surface area contributed by atoms with Crippen LogP contribution in [-0.2, 0) is 24.7 Å². The normalized spacial score (nSPS) is 13.2. The third-order valence-corrected chi connectivity index (χ3v) is 4.99. The van der Waals surface area contributed by atoms with Gasteiger partial charge in [-0.1, -0.05) is 12.1 Å². The minimum absolute atomic E-state index is 0.0654. The molecule has 0 saturated heterocycles. The Kier molecular flexibility index (Phi) is 7.93. The van der Waals surface area contributed by atoms with Gasteiger partial charge in [-0.2, -0.15) is 52.7 Å². The molecule has 0 amide bonds. The van der Waals surface area contributed by atoms with Gasteiger partial charge in [-0.15, -0.1) is 0 Å². The van der Waals surface area contributed by atoms with Crippen molar-refractivity contribution in [2.75, 3.05) is 5.08 Å². The van der Waals surface area contributed by atoms with Crippen LogP contribution in [-0.4, -0.2) is 5.08 Å². The summed E-state index contributed by atoms with van der Waals surface area (Å²) in [6.07, 6.45) is -21.6. The molecule has 0 spiro atoms. The van der Waals surface area contributed by atoms with Crippen molar-refractivity contribution in [2.45, 2.75) is 24.7 Å². The summed E-state index contributed by atoms with van der Waals surface area (Å²) in [6, 6.07) is 2.84. The molecule has 0 aliphatic heterocycles. The van der Waals surface area contributed by atoms with Gasteiger partial charge in [0.05, 0.1) is 35.2 Å². The quantitative estimate of drug-likeness (QED) is 0.160. The van der Waals surface area contributed by atoms with Gasteiger partial charge in [0, 0.05) is 0 Å². The van der Waals surface area contributed by atoms with Crippen molar-refractivity contribution in [1.29, 1.82) is 0 Å². The highest BCUT2D eigenvalue weighted by molar-refractivity contribution is 8.12. The van der Waals surface area contributed by atoms with Crippen LogP contribution in [0.3, 0.4) is 0 Å². The lowest BCUT2D eigenvalue weighted by atomic mass is 10.1. The summed E-state index contributed by atoms with van der Waals surface area (Å²) in [5.74, 6) is -2.45. The second-order valence-electron chi connectivity index (χ2n) is 5.87. The zero-order chi connectivity index (χ0) is 25.2. The molecule has 0 N–H and O–H groups in total. The third-order valence-electron chi connectivity index (χ3n) is 3.62. The van der Waals surface area contributed by atoms with E-state index in [1.165, 1.54) is 0 Å². The van der Waals surface area contributed by atoms with Crippen LogP contribution in [0.15, 0.2) is 36.4 Å². The van der Waals surface area contributed by atoms with Crippen molar-refractivity contribution in [1.82, 2.24) is 0 Å². The number of rotatable bonds is 6. The summed E-state index contributed by atoms with van der Waals surface area (Å²) in [5.41, 5.74) is -8.27. The average Bonchev–Trinajstić information content (AvgIpc) is 2.64. The van der Waals surface area contributed by atoms with Gasteiger partial charge >= 0.3 is 24.7 Å². The molecule has 2 nitrogen and oxygen atoms in total. The molecule has 0 atom stereocenters. The standard InChI is InChI=1S/C17H8F12O2S2/c18-14(19,20)8-3-1-5-10(12(8)16(24,25)26)30-32-7-33-31-11-6-2-4-9(15(21,22)23)13(11)17(27,28)29/h1-6H,7H2. The topological polar surface area (TPSA) is 18.5 Å². The molecule has 0 aliphatic rings. The van der Waals surface area contributed by atoms with Gasteiger partial charge in [0.15, 0.2) is 0 Å². The van der Waals surface area contributed by atoms with Crippen LogP contribution in [0.4, 0.5) is 52.7 Å². The van der Waals surface area contributed by atoms with Crippen LogP contribution in [0.2, 0.25) is 0 Å². The highest BCUT2D eigenvalue weighted by Gasteiger charge is 2.46. The van der Waals surface area contributed by atoms with E-state index in [4.69, 9.17) is 0 Å². The van der Waals surface area contributed by atoms with Crippen molar-refractivity contribution < 1.29 is 61.1 Å². The zero-order valence-electron chi connectivity index (χ0n) is 15.3. The lowest BCUT2D eigenvalue weighted by Crippen LogP contribution is -2.17. The predicted octanol–water partition coefficient (Wildman–Crippen LogP) is 8.47. The maximum atomic E-state index is 13.1. The molecule has 2 aromatic carbocycles. The highest BCUT2D eigenvalue weighted by Crippen LogP contribution is 2.47. The van der Waals surface area contributed by atoms with Gasteiger partial charge in [0.2, 0.25) is 0 Å². The van der Waals surface area contributed by atoms with Crippen LogP contribution < -0.4 is 8.37 Å². The smallest absolute Gasteiger partial charge is 0.420 e. The Labute approximate surface area is 185 Å². The Morgan fingerprint density at radius 3 is 1.12 bits per heavy atom. The minimum atomic E-state index is -5.45. The Bertz CT molecular complexity index is 887. The monoisotopic (exact) mass is 536 g/mol. The van der Waals surface area contributed by atoms with E-state index in [1.807, 2.05) is 0 Å². The lowest BCUT2D eigenvalue weighted by molar-refractivity contribution is -0.162. The van der Waals surface area contributed by atoms with E-state index >= 15 is 0 Å². The second-order valence-corrected chi connectivity index (χ2v) is 7.62. The Morgan fingerprint density at radius 2 is 0.848 bits per heavy atom. The third kappa shape index (κ3) is 6.94. The fourth-order valence-electron chi connectivity index (χ4n) is 2.45. The molecule has 0 aromatic heterocycles. The first-order chi connectivity index (χ1) is 14.9. The van der Waals surface area contributed by atoms with Gasteiger partial charge in [-0.3, -0.25) is 0 Å². The minimum Gasteiger partial charge on any atom is -0.424 e. The van der Waals surface area contributed by atoms with E-state index in [1.54, 1.807) is 0 Å². The molecule has 2 rings (SSSR count). The van der Waals surface area contributed by atoms with Crippen molar-refractivity contribution in [3.63, 3.8) is 0 Å². The number of benzene rings is 2. The molecular weight excluding hydrogens is 528 g/mol. The average molecular weight is 536 g/mol.